The number of aromatic nitrogens is 4. The topological polar surface area (TPSA) is 111 Å². The summed E-state index contributed by atoms with van der Waals surface area (Å²) in [7, 11) is 1.55. The highest BCUT2D eigenvalue weighted by Gasteiger charge is 2.09. The molecule has 9 nitrogen and oxygen atoms in total. The predicted molar refractivity (Wildman–Crippen MR) is 102 cm³/mol. The molecule has 0 spiro atoms. The zero-order valence-electron chi connectivity index (χ0n) is 15.4. The summed E-state index contributed by atoms with van der Waals surface area (Å²) in [6, 6.07) is 5.28. The number of amides is 1. The SMILES string of the molecule is CCOc1ccc(-c2cncc(C(=O)N/N=C/c3cncc(OC)c3)n2)cn1. The average Bonchev–Trinajstić information content (AvgIpc) is 2.75. The number of methoxy groups -OCH3 is 1. The minimum absolute atomic E-state index is 0.132. The summed E-state index contributed by atoms with van der Waals surface area (Å²) >= 11 is 0. The molecule has 3 rings (SSSR count). The van der Waals surface area contributed by atoms with Gasteiger partial charge in [-0.15, -0.1) is 0 Å². The number of hydrogen-bond donors (Lipinski definition) is 1. The van der Waals surface area contributed by atoms with Gasteiger partial charge in [-0.1, -0.05) is 0 Å². The van der Waals surface area contributed by atoms with Crippen molar-refractivity contribution in [1.82, 2.24) is 25.4 Å². The van der Waals surface area contributed by atoms with Gasteiger partial charge in [0.2, 0.25) is 5.88 Å². The van der Waals surface area contributed by atoms with E-state index in [1.54, 1.807) is 50.1 Å². The molecule has 0 saturated heterocycles. The highest BCUT2D eigenvalue weighted by Crippen LogP contribution is 2.17. The molecule has 0 fully saturated rings. The van der Waals surface area contributed by atoms with Gasteiger partial charge in [0.1, 0.15) is 11.4 Å². The molecule has 3 aromatic rings. The summed E-state index contributed by atoms with van der Waals surface area (Å²) in [4.78, 5) is 28.9. The Morgan fingerprint density at radius 3 is 2.79 bits per heavy atom. The lowest BCUT2D eigenvalue weighted by Gasteiger charge is -2.05. The first-order valence-electron chi connectivity index (χ1n) is 8.43. The van der Waals surface area contributed by atoms with Crippen molar-refractivity contribution in [3.05, 3.63) is 60.4 Å². The van der Waals surface area contributed by atoms with Crippen LogP contribution in [0, 0.1) is 0 Å². The van der Waals surface area contributed by atoms with Crippen molar-refractivity contribution < 1.29 is 14.3 Å². The van der Waals surface area contributed by atoms with Crippen molar-refractivity contribution in [2.45, 2.75) is 6.92 Å². The molecule has 3 aromatic heterocycles. The zero-order valence-corrected chi connectivity index (χ0v) is 15.4. The molecule has 0 aliphatic heterocycles. The number of nitrogens with one attached hydrogen (secondary N) is 1. The fourth-order valence-electron chi connectivity index (χ4n) is 2.22. The predicted octanol–water partition coefficient (Wildman–Crippen LogP) is 2.10. The molecule has 0 aliphatic rings. The molecular weight excluding hydrogens is 360 g/mol. The summed E-state index contributed by atoms with van der Waals surface area (Å²) in [6.07, 6.45) is 9.17. The van der Waals surface area contributed by atoms with Gasteiger partial charge < -0.3 is 9.47 Å². The summed E-state index contributed by atoms with van der Waals surface area (Å²) in [5.74, 6) is 0.632. The van der Waals surface area contributed by atoms with Crippen LogP contribution in [0.1, 0.15) is 23.0 Å². The molecule has 1 amide bonds. The number of hydrazone groups is 1. The Bertz CT molecular complexity index is 975. The van der Waals surface area contributed by atoms with Crippen LogP contribution in [0.4, 0.5) is 0 Å². The van der Waals surface area contributed by atoms with Crippen molar-refractivity contribution in [2.24, 2.45) is 5.10 Å². The Balaban J connectivity index is 1.68. The highest BCUT2D eigenvalue weighted by atomic mass is 16.5. The third-order valence-corrected chi connectivity index (χ3v) is 3.54. The maximum absolute atomic E-state index is 12.3. The Hall–Kier alpha value is -3.88. The van der Waals surface area contributed by atoms with Crippen molar-refractivity contribution in [2.75, 3.05) is 13.7 Å². The first-order valence-corrected chi connectivity index (χ1v) is 8.43. The van der Waals surface area contributed by atoms with Gasteiger partial charge in [-0.05, 0) is 19.1 Å². The van der Waals surface area contributed by atoms with Gasteiger partial charge in [-0.25, -0.2) is 15.4 Å². The number of hydrogen-bond acceptors (Lipinski definition) is 8. The van der Waals surface area contributed by atoms with Crippen LogP contribution in [0.3, 0.4) is 0 Å². The highest BCUT2D eigenvalue weighted by molar-refractivity contribution is 5.93. The van der Waals surface area contributed by atoms with Gasteiger partial charge in [-0.2, -0.15) is 5.10 Å². The summed E-state index contributed by atoms with van der Waals surface area (Å²) in [6.45, 7) is 2.42. The molecule has 0 bridgehead atoms. The van der Waals surface area contributed by atoms with E-state index < -0.39 is 5.91 Å². The maximum atomic E-state index is 12.3. The van der Waals surface area contributed by atoms with Crippen LogP contribution < -0.4 is 14.9 Å². The minimum Gasteiger partial charge on any atom is -0.495 e. The van der Waals surface area contributed by atoms with Gasteiger partial charge in [0.15, 0.2) is 0 Å². The number of carbonyl (C=O) groups is 1. The van der Waals surface area contributed by atoms with E-state index in [1.807, 2.05) is 6.92 Å². The zero-order chi connectivity index (χ0) is 19.8. The lowest BCUT2D eigenvalue weighted by molar-refractivity contribution is 0.0950. The van der Waals surface area contributed by atoms with E-state index in [9.17, 15) is 4.79 Å². The average molecular weight is 378 g/mol. The summed E-state index contributed by atoms with van der Waals surface area (Å²) < 4.78 is 10.4. The lowest BCUT2D eigenvalue weighted by atomic mass is 10.2. The molecule has 9 heteroatoms. The van der Waals surface area contributed by atoms with Crippen LogP contribution in [-0.4, -0.2) is 45.8 Å². The molecule has 0 radical (unpaired) electrons. The molecule has 0 atom stereocenters. The Morgan fingerprint density at radius 2 is 2.04 bits per heavy atom. The van der Waals surface area contributed by atoms with Crippen LogP contribution >= 0.6 is 0 Å². The summed E-state index contributed by atoms with van der Waals surface area (Å²) in [5.41, 5.74) is 4.46. The second kappa shape index (κ2) is 9.17. The fraction of sp³-hybridized carbons (Fsp3) is 0.158. The van der Waals surface area contributed by atoms with Crippen LogP contribution in [0.5, 0.6) is 11.6 Å². The van der Waals surface area contributed by atoms with E-state index in [2.05, 4.69) is 30.5 Å². The van der Waals surface area contributed by atoms with Crippen molar-refractivity contribution in [3.63, 3.8) is 0 Å². The standard InChI is InChI=1S/C19H18N6O3/c1-3-28-18-5-4-14(9-22-18)16-11-21-12-17(24-16)19(26)25-23-8-13-6-15(27-2)10-20-7-13/h4-12H,3H2,1-2H3,(H,25,26)/b23-8+. The van der Waals surface area contributed by atoms with Gasteiger partial charge in [0, 0.05) is 29.6 Å². The molecule has 142 valence electrons. The monoisotopic (exact) mass is 378 g/mol. The number of nitrogens with zero attached hydrogens (tertiary/aromatic N) is 5. The molecule has 0 aliphatic carbocycles. The third kappa shape index (κ3) is 4.85. The van der Waals surface area contributed by atoms with Gasteiger partial charge in [0.25, 0.3) is 5.91 Å². The quantitative estimate of drug-likeness (QED) is 0.495. The first-order chi connectivity index (χ1) is 13.7. The van der Waals surface area contributed by atoms with Gasteiger partial charge >= 0.3 is 0 Å². The van der Waals surface area contributed by atoms with Crippen molar-refractivity contribution in [3.8, 4) is 22.9 Å². The minimum atomic E-state index is -0.486. The molecule has 0 unspecified atom stereocenters. The van der Waals surface area contributed by atoms with Crippen LogP contribution in [-0.2, 0) is 0 Å². The molecule has 28 heavy (non-hydrogen) atoms. The van der Waals surface area contributed by atoms with E-state index in [-0.39, 0.29) is 5.69 Å². The Labute approximate surface area is 161 Å². The summed E-state index contributed by atoms with van der Waals surface area (Å²) in [5, 5.41) is 3.91. The molecule has 0 saturated carbocycles. The van der Waals surface area contributed by atoms with Crippen molar-refractivity contribution >= 4 is 12.1 Å². The van der Waals surface area contributed by atoms with E-state index in [1.165, 1.54) is 12.4 Å². The maximum Gasteiger partial charge on any atom is 0.291 e. The molecule has 1 N–H and O–H groups in total. The van der Waals surface area contributed by atoms with Gasteiger partial charge in [0.05, 0.1) is 44.2 Å². The van der Waals surface area contributed by atoms with Gasteiger partial charge in [-0.3, -0.25) is 14.8 Å². The van der Waals surface area contributed by atoms with Crippen LogP contribution in [0.15, 0.2) is 54.3 Å². The van der Waals surface area contributed by atoms with Crippen LogP contribution in [0.25, 0.3) is 11.3 Å². The van der Waals surface area contributed by atoms with Crippen molar-refractivity contribution in [1.29, 1.82) is 0 Å². The smallest absolute Gasteiger partial charge is 0.291 e. The second-order valence-electron chi connectivity index (χ2n) is 5.46. The lowest BCUT2D eigenvalue weighted by Crippen LogP contribution is -2.19. The van der Waals surface area contributed by atoms with E-state index in [0.717, 1.165) is 5.56 Å². The molecule has 0 aromatic carbocycles. The van der Waals surface area contributed by atoms with E-state index >= 15 is 0 Å². The molecular formula is C19H18N6O3. The largest absolute Gasteiger partial charge is 0.495 e. The first kappa shape index (κ1) is 18.9. The number of pyridine rings is 2. The third-order valence-electron chi connectivity index (χ3n) is 3.54. The van der Waals surface area contributed by atoms with E-state index in [4.69, 9.17) is 9.47 Å². The second-order valence-corrected chi connectivity index (χ2v) is 5.46. The number of rotatable bonds is 7. The van der Waals surface area contributed by atoms with Crippen LogP contribution in [0.2, 0.25) is 0 Å². The van der Waals surface area contributed by atoms with E-state index in [0.29, 0.717) is 29.5 Å². The number of carbonyl (C=O) groups excluding carboxylic acids is 1. The Kier molecular flexibility index (Phi) is 6.19. The Morgan fingerprint density at radius 1 is 1.18 bits per heavy atom. The number of ether oxygens (including phenoxy) is 2. The fourth-order valence-corrected chi connectivity index (χ4v) is 2.22. The molecule has 3 heterocycles. The normalized spacial score (nSPS) is 10.6.